The van der Waals surface area contributed by atoms with Crippen molar-refractivity contribution in [3.63, 3.8) is 0 Å². The maximum atomic E-state index is 2.44. The first-order valence-corrected chi connectivity index (χ1v) is 22.4. The van der Waals surface area contributed by atoms with Gasteiger partial charge in [0.05, 0.1) is 33.1 Å². The van der Waals surface area contributed by atoms with Crippen LogP contribution in [0.25, 0.3) is 127 Å². The summed E-state index contributed by atoms with van der Waals surface area (Å²) in [6.45, 7) is 0. The van der Waals surface area contributed by atoms with Gasteiger partial charge in [-0.3, -0.25) is 0 Å². The Hall–Kier alpha value is -8.60. The molecule has 65 heavy (non-hydrogen) atoms. The molecule has 0 N–H and O–H groups in total. The van der Waals surface area contributed by atoms with E-state index in [1.807, 2.05) is 0 Å². The summed E-state index contributed by atoms with van der Waals surface area (Å²) in [4.78, 5) is 0. The molecule has 4 heterocycles. The molecule has 0 unspecified atom stereocenters. The quantitative estimate of drug-likeness (QED) is 0.165. The van der Waals surface area contributed by atoms with Gasteiger partial charge in [0.15, 0.2) is 0 Å². The lowest BCUT2D eigenvalue weighted by Crippen LogP contribution is -1.95. The molecule has 0 aliphatic rings. The van der Waals surface area contributed by atoms with E-state index in [0.29, 0.717) is 0 Å². The molecule has 0 bridgehead atoms. The van der Waals surface area contributed by atoms with Gasteiger partial charge in [-0.05, 0) is 125 Å². The lowest BCUT2D eigenvalue weighted by molar-refractivity contribution is 1.01. The third kappa shape index (κ3) is 5.25. The van der Waals surface area contributed by atoms with Crippen LogP contribution in [0.3, 0.4) is 0 Å². The summed E-state index contributed by atoms with van der Waals surface area (Å²) in [5.74, 6) is 0. The standard InChI is InChI=1S/C61H40N4/c1-62-54-22-9-5-18-46(54)50-35-40(26-30-55(50)62)39-14-13-17-44(34-39)64-57-24-11-6-19-47(57)51-36-41(27-31-59(51)64)42-28-32-60-52(37-42)48-20-7-12-25-58(48)65(60)45-29-33-61-53(38-45)49-21-8-10-23-56(49)63(61)43-15-3-2-4-16-43/h2-38H,1H3. The van der Waals surface area contributed by atoms with Crippen molar-refractivity contribution in [3.8, 4) is 39.3 Å². The first-order chi connectivity index (χ1) is 32.2. The normalized spacial score (nSPS) is 12.1. The summed E-state index contributed by atoms with van der Waals surface area (Å²) in [5.41, 5.74) is 18.0. The minimum Gasteiger partial charge on any atom is -0.344 e. The van der Waals surface area contributed by atoms with Gasteiger partial charge in [-0.15, -0.1) is 0 Å². The highest BCUT2D eigenvalue weighted by Crippen LogP contribution is 2.41. The van der Waals surface area contributed by atoms with Crippen molar-refractivity contribution < 1.29 is 0 Å². The topological polar surface area (TPSA) is 19.7 Å². The molecular weight excluding hydrogens is 789 g/mol. The van der Waals surface area contributed by atoms with Gasteiger partial charge in [-0.1, -0.05) is 121 Å². The number of aryl methyl sites for hydroxylation is 1. The fourth-order valence-corrected chi connectivity index (χ4v) is 11.0. The van der Waals surface area contributed by atoms with E-state index in [-0.39, 0.29) is 0 Å². The third-order valence-electron chi connectivity index (χ3n) is 14.0. The van der Waals surface area contributed by atoms with Crippen LogP contribution in [-0.4, -0.2) is 18.3 Å². The zero-order valence-electron chi connectivity index (χ0n) is 35.7. The molecule has 0 aliphatic carbocycles. The molecule has 0 radical (unpaired) electrons. The zero-order chi connectivity index (χ0) is 42.8. The van der Waals surface area contributed by atoms with Crippen molar-refractivity contribution in [1.29, 1.82) is 0 Å². The smallest absolute Gasteiger partial charge is 0.0542 e. The molecule has 4 aromatic heterocycles. The van der Waals surface area contributed by atoms with Gasteiger partial charge in [-0.25, -0.2) is 0 Å². The Morgan fingerprint density at radius 1 is 0.215 bits per heavy atom. The van der Waals surface area contributed by atoms with Crippen LogP contribution in [0.2, 0.25) is 0 Å². The minimum absolute atomic E-state index is 1.15. The molecule has 0 fully saturated rings. The highest BCUT2D eigenvalue weighted by atomic mass is 15.0. The van der Waals surface area contributed by atoms with E-state index < -0.39 is 0 Å². The molecule has 4 heteroatoms. The number of hydrogen-bond donors (Lipinski definition) is 0. The van der Waals surface area contributed by atoms with Crippen molar-refractivity contribution in [1.82, 2.24) is 18.3 Å². The summed E-state index contributed by atoms with van der Waals surface area (Å²) >= 11 is 0. The van der Waals surface area contributed by atoms with Gasteiger partial charge in [0.1, 0.15) is 0 Å². The lowest BCUT2D eigenvalue weighted by Gasteiger charge is -2.11. The first-order valence-electron chi connectivity index (χ1n) is 22.4. The Morgan fingerprint density at radius 3 is 1.11 bits per heavy atom. The van der Waals surface area contributed by atoms with Gasteiger partial charge < -0.3 is 18.3 Å². The van der Waals surface area contributed by atoms with E-state index in [1.54, 1.807) is 0 Å². The van der Waals surface area contributed by atoms with Gasteiger partial charge in [0.25, 0.3) is 0 Å². The minimum atomic E-state index is 1.15. The SMILES string of the molecule is Cn1c2ccccc2c2cc(-c3cccc(-n4c5ccccc5c5cc(-c6ccc7c(c6)c6ccccc6n7-c6ccc7c(c6)c6ccccc6n7-c6ccccc6)ccc54)c3)ccc21. The van der Waals surface area contributed by atoms with Crippen LogP contribution < -0.4 is 0 Å². The number of aromatic nitrogens is 4. The second-order valence-corrected chi connectivity index (χ2v) is 17.4. The van der Waals surface area contributed by atoms with Crippen LogP contribution in [0.5, 0.6) is 0 Å². The van der Waals surface area contributed by atoms with E-state index in [1.165, 1.54) is 115 Å². The molecule has 0 amide bonds. The van der Waals surface area contributed by atoms with Crippen LogP contribution in [0.1, 0.15) is 0 Å². The Morgan fingerprint density at radius 2 is 0.554 bits per heavy atom. The fourth-order valence-electron chi connectivity index (χ4n) is 11.0. The Kier molecular flexibility index (Phi) is 7.57. The monoisotopic (exact) mass is 828 g/mol. The average molecular weight is 829 g/mol. The molecular formula is C61H40N4. The summed E-state index contributed by atoms with van der Waals surface area (Å²) < 4.78 is 9.54. The predicted molar refractivity (Wildman–Crippen MR) is 274 cm³/mol. The van der Waals surface area contributed by atoms with Gasteiger partial charge >= 0.3 is 0 Å². The molecule has 0 aliphatic heterocycles. The number of hydrogen-bond acceptors (Lipinski definition) is 0. The molecule has 304 valence electrons. The van der Waals surface area contributed by atoms with E-state index in [4.69, 9.17) is 0 Å². The highest BCUT2D eigenvalue weighted by Gasteiger charge is 2.19. The summed E-state index contributed by atoms with van der Waals surface area (Å²) in [6.07, 6.45) is 0. The first kappa shape index (κ1) is 35.9. The number of rotatable bonds is 5. The summed E-state index contributed by atoms with van der Waals surface area (Å²) in [6, 6.07) is 82.6. The van der Waals surface area contributed by atoms with Crippen LogP contribution in [0.4, 0.5) is 0 Å². The largest absolute Gasteiger partial charge is 0.344 e. The van der Waals surface area contributed by atoms with E-state index >= 15 is 0 Å². The van der Waals surface area contributed by atoms with Crippen molar-refractivity contribution in [2.24, 2.45) is 7.05 Å². The molecule has 0 spiro atoms. The highest BCUT2D eigenvalue weighted by molar-refractivity contribution is 6.14. The Bertz CT molecular complexity index is 4250. The van der Waals surface area contributed by atoms with Crippen LogP contribution in [0.15, 0.2) is 224 Å². The predicted octanol–water partition coefficient (Wildman–Crippen LogP) is 16.0. The van der Waals surface area contributed by atoms with Crippen molar-refractivity contribution in [3.05, 3.63) is 224 Å². The Balaban J connectivity index is 0.889. The molecule has 14 aromatic rings. The number of fused-ring (bicyclic) bond motifs is 12. The Labute approximate surface area is 374 Å². The van der Waals surface area contributed by atoms with Gasteiger partial charge in [-0.2, -0.15) is 0 Å². The molecule has 4 nitrogen and oxygen atoms in total. The number of para-hydroxylation sites is 5. The van der Waals surface area contributed by atoms with Crippen molar-refractivity contribution >= 4 is 87.2 Å². The number of benzene rings is 10. The van der Waals surface area contributed by atoms with Crippen LogP contribution in [-0.2, 0) is 7.05 Å². The maximum Gasteiger partial charge on any atom is 0.0542 e. The number of nitrogens with zero attached hydrogens (tertiary/aromatic N) is 4. The van der Waals surface area contributed by atoms with Crippen molar-refractivity contribution in [2.45, 2.75) is 0 Å². The molecule has 0 saturated carbocycles. The lowest BCUT2D eigenvalue weighted by atomic mass is 10.0. The summed E-state index contributed by atoms with van der Waals surface area (Å²) in [5, 5.41) is 10.0. The third-order valence-corrected chi connectivity index (χ3v) is 14.0. The summed E-state index contributed by atoms with van der Waals surface area (Å²) in [7, 11) is 2.16. The van der Waals surface area contributed by atoms with Gasteiger partial charge in [0.2, 0.25) is 0 Å². The maximum absolute atomic E-state index is 2.44. The van der Waals surface area contributed by atoms with E-state index in [9.17, 15) is 0 Å². The van der Waals surface area contributed by atoms with E-state index in [0.717, 1.165) is 11.4 Å². The zero-order valence-corrected chi connectivity index (χ0v) is 35.7. The molecule has 10 aromatic carbocycles. The molecule has 0 atom stereocenters. The average Bonchev–Trinajstić information content (AvgIpc) is 4.08. The second kappa shape index (κ2) is 13.7. The van der Waals surface area contributed by atoms with Crippen LogP contribution in [0, 0.1) is 0 Å². The second-order valence-electron chi connectivity index (χ2n) is 17.4. The van der Waals surface area contributed by atoms with E-state index in [2.05, 4.69) is 250 Å². The van der Waals surface area contributed by atoms with Crippen LogP contribution >= 0.6 is 0 Å². The van der Waals surface area contributed by atoms with Crippen molar-refractivity contribution in [2.75, 3.05) is 0 Å². The fraction of sp³-hybridized carbons (Fsp3) is 0.0164. The molecule has 0 saturated heterocycles. The van der Waals surface area contributed by atoms with Gasteiger partial charge in [0, 0.05) is 78.2 Å². The molecule has 14 rings (SSSR count).